The van der Waals surface area contributed by atoms with Crippen molar-refractivity contribution in [2.24, 2.45) is 4.99 Å². The molecule has 0 spiro atoms. The normalized spacial score (nSPS) is 17.1. The standard InChI is InChI=1S/C25H31ClN4O.HI/c1-2-27-24(29-18-25(11-12-25)21-8-4-9-22(26)15-21)28-16-19-6-3-7-20(14-19)17-30-13-5-10-23(30)31;/h3-4,6-9,14-15H,2,5,10-13,16-18H2,1H3,(H2,27,28,29);1H. The van der Waals surface area contributed by atoms with Crippen molar-refractivity contribution >= 4 is 47.4 Å². The number of nitrogens with one attached hydrogen (secondary N) is 2. The molecule has 0 radical (unpaired) electrons. The highest BCUT2D eigenvalue weighted by Crippen LogP contribution is 2.48. The van der Waals surface area contributed by atoms with Gasteiger partial charge in [0.15, 0.2) is 5.96 Å². The maximum Gasteiger partial charge on any atom is 0.222 e. The largest absolute Gasteiger partial charge is 0.357 e. The van der Waals surface area contributed by atoms with Gasteiger partial charge in [-0.25, -0.2) is 4.99 Å². The summed E-state index contributed by atoms with van der Waals surface area (Å²) < 4.78 is 0. The molecule has 2 N–H and O–H groups in total. The smallest absolute Gasteiger partial charge is 0.222 e. The minimum absolute atomic E-state index is 0. The third kappa shape index (κ3) is 6.38. The third-order valence-corrected chi connectivity index (χ3v) is 6.42. The number of hydrogen-bond acceptors (Lipinski definition) is 2. The molecule has 32 heavy (non-hydrogen) atoms. The zero-order valence-electron chi connectivity index (χ0n) is 18.6. The minimum Gasteiger partial charge on any atom is -0.357 e. The molecule has 1 heterocycles. The van der Waals surface area contributed by atoms with E-state index in [2.05, 4.69) is 54.0 Å². The van der Waals surface area contributed by atoms with Gasteiger partial charge < -0.3 is 15.5 Å². The fraction of sp³-hybridized carbons (Fsp3) is 0.440. The predicted octanol–water partition coefficient (Wildman–Crippen LogP) is 4.87. The van der Waals surface area contributed by atoms with Crippen molar-refractivity contribution in [1.29, 1.82) is 0 Å². The van der Waals surface area contributed by atoms with Gasteiger partial charge in [0.25, 0.3) is 0 Å². The first kappa shape index (κ1) is 24.8. The molecule has 0 unspecified atom stereocenters. The second kappa shape index (κ2) is 11.4. The minimum atomic E-state index is 0. The fourth-order valence-corrected chi connectivity index (χ4v) is 4.41. The summed E-state index contributed by atoms with van der Waals surface area (Å²) in [5.74, 6) is 1.09. The van der Waals surface area contributed by atoms with Gasteiger partial charge >= 0.3 is 0 Å². The van der Waals surface area contributed by atoms with Crippen molar-refractivity contribution < 1.29 is 4.79 Å². The van der Waals surface area contributed by atoms with Gasteiger partial charge in [-0.1, -0.05) is 48.0 Å². The van der Waals surface area contributed by atoms with Gasteiger partial charge in [-0.15, -0.1) is 24.0 Å². The van der Waals surface area contributed by atoms with E-state index in [9.17, 15) is 4.79 Å². The molecule has 1 saturated heterocycles. The number of nitrogens with zero attached hydrogens (tertiary/aromatic N) is 2. The van der Waals surface area contributed by atoms with Gasteiger partial charge in [0, 0.05) is 43.0 Å². The van der Waals surface area contributed by atoms with Crippen LogP contribution in [0.1, 0.15) is 49.3 Å². The molecule has 0 bridgehead atoms. The molecule has 172 valence electrons. The topological polar surface area (TPSA) is 56.7 Å². The average molecular weight is 567 g/mol. The van der Waals surface area contributed by atoms with Crippen LogP contribution in [-0.4, -0.2) is 36.4 Å². The lowest BCUT2D eigenvalue weighted by Crippen LogP contribution is -2.41. The summed E-state index contributed by atoms with van der Waals surface area (Å²) in [7, 11) is 0. The van der Waals surface area contributed by atoms with Crippen molar-refractivity contribution in [2.75, 3.05) is 19.6 Å². The summed E-state index contributed by atoms with van der Waals surface area (Å²) in [6.45, 7) is 5.89. The van der Waals surface area contributed by atoms with Crippen molar-refractivity contribution in [3.8, 4) is 0 Å². The first-order valence-corrected chi connectivity index (χ1v) is 11.6. The molecule has 0 atom stereocenters. The number of carbonyl (C=O) groups is 1. The SMILES string of the molecule is CCNC(=NCc1cccc(CN2CCCC2=O)c1)NCC1(c2cccc(Cl)c2)CC1.I. The van der Waals surface area contributed by atoms with Crippen molar-refractivity contribution in [3.05, 3.63) is 70.2 Å². The van der Waals surface area contributed by atoms with Crippen LogP contribution in [0.3, 0.4) is 0 Å². The van der Waals surface area contributed by atoms with E-state index >= 15 is 0 Å². The van der Waals surface area contributed by atoms with Gasteiger partial charge in [-0.3, -0.25) is 4.79 Å². The van der Waals surface area contributed by atoms with E-state index in [0.717, 1.165) is 55.4 Å². The van der Waals surface area contributed by atoms with E-state index in [1.165, 1.54) is 11.1 Å². The lowest BCUT2D eigenvalue weighted by atomic mass is 9.96. The van der Waals surface area contributed by atoms with Gasteiger partial charge in [0.05, 0.1) is 6.54 Å². The number of aliphatic imine (C=N–C) groups is 1. The summed E-state index contributed by atoms with van der Waals surface area (Å²) in [5.41, 5.74) is 3.77. The van der Waals surface area contributed by atoms with Crippen molar-refractivity contribution in [2.45, 2.75) is 51.1 Å². The average Bonchev–Trinajstić information content (AvgIpc) is 3.47. The van der Waals surface area contributed by atoms with Crippen LogP contribution in [0.4, 0.5) is 0 Å². The highest BCUT2D eigenvalue weighted by atomic mass is 127. The Morgan fingerprint density at radius 2 is 1.91 bits per heavy atom. The zero-order valence-corrected chi connectivity index (χ0v) is 21.7. The molecule has 2 fully saturated rings. The summed E-state index contributed by atoms with van der Waals surface area (Å²) >= 11 is 6.20. The fourth-order valence-electron chi connectivity index (χ4n) is 4.22. The van der Waals surface area contributed by atoms with Gasteiger partial charge in [-0.2, -0.15) is 0 Å². The van der Waals surface area contributed by atoms with E-state index < -0.39 is 0 Å². The van der Waals surface area contributed by atoms with Crippen LogP contribution >= 0.6 is 35.6 Å². The van der Waals surface area contributed by atoms with Crippen LogP contribution in [0.15, 0.2) is 53.5 Å². The van der Waals surface area contributed by atoms with E-state index in [4.69, 9.17) is 16.6 Å². The molecule has 2 aromatic rings. The Bertz CT molecular complexity index is 960. The molecule has 2 aliphatic rings. The predicted molar refractivity (Wildman–Crippen MR) is 142 cm³/mol. The summed E-state index contributed by atoms with van der Waals surface area (Å²) in [6.07, 6.45) is 3.98. The third-order valence-electron chi connectivity index (χ3n) is 6.18. The zero-order chi connectivity index (χ0) is 21.7. The second-order valence-electron chi connectivity index (χ2n) is 8.58. The Morgan fingerprint density at radius 3 is 2.59 bits per heavy atom. The first-order chi connectivity index (χ1) is 15.1. The molecule has 1 saturated carbocycles. The molecule has 1 amide bonds. The summed E-state index contributed by atoms with van der Waals surface area (Å²) in [5, 5.41) is 7.68. The number of rotatable bonds is 8. The molecule has 5 nitrogen and oxygen atoms in total. The van der Waals surface area contributed by atoms with Crippen LogP contribution in [0.5, 0.6) is 0 Å². The highest BCUT2D eigenvalue weighted by Gasteiger charge is 2.44. The Balaban J connectivity index is 0.00000289. The van der Waals surface area contributed by atoms with Crippen LogP contribution in [-0.2, 0) is 23.3 Å². The maximum atomic E-state index is 11.9. The van der Waals surface area contributed by atoms with Gasteiger partial charge in [-0.05, 0) is 55.0 Å². The molecular formula is C25H32ClIN4O. The van der Waals surface area contributed by atoms with Crippen LogP contribution in [0.2, 0.25) is 5.02 Å². The molecule has 7 heteroatoms. The molecule has 1 aliphatic heterocycles. The van der Waals surface area contributed by atoms with E-state index in [0.29, 0.717) is 19.5 Å². The Labute approximate surface area is 213 Å². The number of halogens is 2. The van der Waals surface area contributed by atoms with Crippen LogP contribution in [0.25, 0.3) is 0 Å². The lowest BCUT2D eigenvalue weighted by molar-refractivity contribution is -0.128. The van der Waals surface area contributed by atoms with Crippen LogP contribution < -0.4 is 10.6 Å². The lowest BCUT2D eigenvalue weighted by Gasteiger charge is -2.19. The molecule has 1 aliphatic carbocycles. The quantitative estimate of drug-likeness (QED) is 0.272. The molecule has 2 aromatic carbocycles. The molecular weight excluding hydrogens is 535 g/mol. The van der Waals surface area contributed by atoms with Crippen molar-refractivity contribution in [3.63, 3.8) is 0 Å². The van der Waals surface area contributed by atoms with E-state index in [1.54, 1.807) is 0 Å². The number of likely N-dealkylation sites (tertiary alicyclic amines) is 1. The number of amides is 1. The number of benzene rings is 2. The number of hydrogen-bond donors (Lipinski definition) is 2. The van der Waals surface area contributed by atoms with Crippen LogP contribution in [0, 0.1) is 0 Å². The van der Waals surface area contributed by atoms with Gasteiger partial charge in [0.1, 0.15) is 0 Å². The van der Waals surface area contributed by atoms with Crippen molar-refractivity contribution in [1.82, 2.24) is 15.5 Å². The molecule has 0 aromatic heterocycles. The van der Waals surface area contributed by atoms with Gasteiger partial charge in [0.2, 0.25) is 5.91 Å². The Hall–Kier alpha value is -1.80. The molecule has 4 rings (SSSR count). The Kier molecular flexibility index (Phi) is 8.82. The first-order valence-electron chi connectivity index (χ1n) is 11.2. The highest BCUT2D eigenvalue weighted by molar-refractivity contribution is 14.0. The van der Waals surface area contributed by atoms with E-state index in [-0.39, 0.29) is 35.3 Å². The van der Waals surface area contributed by atoms with E-state index in [1.807, 2.05) is 17.0 Å². The monoisotopic (exact) mass is 566 g/mol. The summed E-state index contributed by atoms with van der Waals surface area (Å²) in [4.78, 5) is 18.7. The maximum absolute atomic E-state index is 11.9. The summed E-state index contributed by atoms with van der Waals surface area (Å²) in [6, 6.07) is 16.6. The Morgan fingerprint density at radius 1 is 1.12 bits per heavy atom. The number of guanidine groups is 1. The number of carbonyl (C=O) groups excluding carboxylic acids is 1. The second-order valence-corrected chi connectivity index (χ2v) is 9.01.